The molecule has 116 valence electrons. The third-order valence-electron chi connectivity index (χ3n) is 2.78. The van der Waals surface area contributed by atoms with Gasteiger partial charge in [0.2, 0.25) is 0 Å². The van der Waals surface area contributed by atoms with Gasteiger partial charge in [0.25, 0.3) is 11.8 Å². The second-order valence-electron chi connectivity index (χ2n) is 5.19. The van der Waals surface area contributed by atoms with Crippen molar-refractivity contribution in [2.75, 3.05) is 6.61 Å². The maximum absolute atomic E-state index is 11.7. The van der Waals surface area contributed by atoms with Gasteiger partial charge in [0, 0.05) is 0 Å². The van der Waals surface area contributed by atoms with E-state index in [1.807, 2.05) is 24.5 Å². The molecule has 2 rings (SSSR count). The van der Waals surface area contributed by atoms with E-state index in [4.69, 9.17) is 4.74 Å². The number of rotatable bonds is 4. The number of hydrogen-bond acceptors (Lipinski definition) is 4. The van der Waals surface area contributed by atoms with Gasteiger partial charge in [-0.25, -0.2) is 4.79 Å². The first-order chi connectivity index (χ1) is 10.4. The van der Waals surface area contributed by atoms with Crippen LogP contribution in [0.2, 0.25) is 0 Å². The van der Waals surface area contributed by atoms with E-state index >= 15 is 0 Å². The van der Waals surface area contributed by atoms with Gasteiger partial charge in [-0.3, -0.25) is 20.2 Å². The van der Waals surface area contributed by atoms with Crippen LogP contribution in [0.4, 0.5) is 4.79 Å². The molecule has 1 heterocycles. The zero-order chi connectivity index (χ0) is 16.3. The maximum atomic E-state index is 11.7. The van der Waals surface area contributed by atoms with Crippen LogP contribution >= 0.6 is 15.9 Å². The van der Waals surface area contributed by atoms with Crippen LogP contribution in [-0.4, -0.2) is 24.5 Å². The second-order valence-corrected chi connectivity index (χ2v) is 6.04. The molecule has 1 aliphatic rings. The SMILES string of the molecule is CC(C)COc1ccc(C=C2C(=O)NC(=O)NC2=O)cc1Br. The third kappa shape index (κ3) is 3.94. The second kappa shape index (κ2) is 6.74. The summed E-state index contributed by atoms with van der Waals surface area (Å²) in [6.45, 7) is 4.69. The summed E-state index contributed by atoms with van der Waals surface area (Å²) in [5.41, 5.74) is 0.515. The van der Waals surface area contributed by atoms with Crippen LogP contribution in [0.25, 0.3) is 6.08 Å². The Labute approximate surface area is 136 Å². The van der Waals surface area contributed by atoms with Gasteiger partial charge in [-0.15, -0.1) is 0 Å². The minimum atomic E-state index is -0.814. The van der Waals surface area contributed by atoms with Gasteiger partial charge in [0.05, 0.1) is 11.1 Å². The number of ether oxygens (including phenoxy) is 1. The normalized spacial score (nSPS) is 14.7. The van der Waals surface area contributed by atoms with Crippen molar-refractivity contribution in [3.05, 3.63) is 33.8 Å². The van der Waals surface area contributed by atoms with Crippen LogP contribution in [0, 0.1) is 5.92 Å². The molecule has 0 radical (unpaired) electrons. The van der Waals surface area contributed by atoms with Crippen molar-refractivity contribution in [3.63, 3.8) is 0 Å². The molecule has 0 spiro atoms. The monoisotopic (exact) mass is 366 g/mol. The van der Waals surface area contributed by atoms with Crippen LogP contribution in [0.5, 0.6) is 5.75 Å². The predicted molar refractivity (Wildman–Crippen MR) is 84.1 cm³/mol. The third-order valence-corrected chi connectivity index (χ3v) is 3.40. The maximum Gasteiger partial charge on any atom is 0.328 e. The number of hydrogen-bond donors (Lipinski definition) is 2. The fourth-order valence-electron chi connectivity index (χ4n) is 1.75. The molecule has 4 amide bonds. The Morgan fingerprint density at radius 3 is 2.36 bits per heavy atom. The minimum Gasteiger partial charge on any atom is -0.492 e. The first kappa shape index (κ1) is 16.2. The lowest BCUT2D eigenvalue weighted by Gasteiger charge is -2.14. The number of urea groups is 1. The van der Waals surface area contributed by atoms with Crippen LogP contribution in [-0.2, 0) is 9.59 Å². The molecule has 1 aromatic carbocycles. The highest BCUT2D eigenvalue weighted by Gasteiger charge is 2.27. The lowest BCUT2D eigenvalue weighted by Crippen LogP contribution is -2.51. The zero-order valence-electron chi connectivity index (χ0n) is 12.1. The van der Waals surface area contributed by atoms with E-state index in [1.54, 1.807) is 18.2 Å². The van der Waals surface area contributed by atoms with Gasteiger partial charge >= 0.3 is 6.03 Å². The molecule has 1 saturated heterocycles. The molecule has 0 aromatic heterocycles. The van der Waals surface area contributed by atoms with E-state index in [-0.39, 0.29) is 5.57 Å². The average molecular weight is 367 g/mol. The smallest absolute Gasteiger partial charge is 0.328 e. The van der Waals surface area contributed by atoms with Crippen LogP contribution in [0.15, 0.2) is 28.2 Å². The van der Waals surface area contributed by atoms with Crippen molar-refractivity contribution in [2.45, 2.75) is 13.8 Å². The van der Waals surface area contributed by atoms with Gasteiger partial charge in [-0.1, -0.05) is 19.9 Å². The molecule has 0 bridgehead atoms. The van der Waals surface area contributed by atoms with Crippen molar-refractivity contribution in [1.29, 1.82) is 0 Å². The highest BCUT2D eigenvalue weighted by Crippen LogP contribution is 2.27. The van der Waals surface area contributed by atoms with E-state index in [0.29, 0.717) is 23.8 Å². The Morgan fingerprint density at radius 1 is 1.18 bits per heavy atom. The quantitative estimate of drug-likeness (QED) is 0.632. The van der Waals surface area contributed by atoms with Crippen molar-refractivity contribution in [1.82, 2.24) is 10.6 Å². The Kier molecular flexibility index (Phi) is 4.97. The molecule has 1 fully saturated rings. The molecule has 0 unspecified atom stereocenters. The summed E-state index contributed by atoms with van der Waals surface area (Å²) in [6, 6.07) is 4.40. The number of carbonyl (C=O) groups excluding carboxylic acids is 3. The summed E-state index contributed by atoms with van der Waals surface area (Å²) >= 11 is 3.39. The molecule has 7 heteroatoms. The fourth-order valence-corrected chi connectivity index (χ4v) is 2.26. The number of benzene rings is 1. The molecule has 0 saturated carbocycles. The molecule has 0 atom stereocenters. The number of carbonyl (C=O) groups is 3. The van der Waals surface area contributed by atoms with Gasteiger partial charge in [0.15, 0.2) is 0 Å². The highest BCUT2D eigenvalue weighted by molar-refractivity contribution is 9.10. The van der Waals surface area contributed by atoms with Gasteiger partial charge in [0.1, 0.15) is 11.3 Å². The molecule has 6 nitrogen and oxygen atoms in total. The van der Waals surface area contributed by atoms with E-state index in [1.165, 1.54) is 6.08 Å². The summed E-state index contributed by atoms with van der Waals surface area (Å²) in [5, 5.41) is 4.05. The van der Waals surface area contributed by atoms with Crippen molar-refractivity contribution in [3.8, 4) is 5.75 Å². The first-order valence-electron chi connectivity index (χ1n) is 6.67. The fraction of sp³-hybridized carbons (Fsp3) is 0.267. The molecule has 22 heavy (non-hydrogen) atoms. The Bertz CT molecular complexity index is 646. The standard InChI is InChI=1S/C15H15BrN2O4/c1-8(2)7-22-12-4-3-9(6-11(12)16)5-10-13(19)17-15(21)18-14(10)20/h3-6,8H,7H2,1-2H3,(H2,17,18,19,20,21). The Morgan fingerprint density at radius 2 is 1.82 bits per heavy atom. The van der Waals surface area contributed by atoms with Crippen molar-refractivity contribution in [2.24, 2.45) is 5.92 Å². The van der Waals surface area contributed by atoms with Gasteiger partial charge < -0.3 is 4.74 Å². The van der Waals surface area contributed by atoms with Crippen molar-refractivity contribution < 1.29 is 19.1 Å². The van der Waals surface area contributed by atoms with Gasteiger partial charge in [-0.2, -0.15) is 0 Å². The van der Waals surface area contributed by atoms with Crippen LogP contribution in [0.3, 0.4) is 0 Å². The summed E-state index contributed by atoms with van der Waals surface area (Å²) in [4.78, 5) is 34.3. The lowest BCUT2D eigenvalue weighted by molar-refractivity contribution is -0.123. The Hall–Kier alpha value is -2.15. The number of barbiturate groups is 1. The minimum absolute atomic E-state index is 0.123. The molecular weight excluding hydrogens is 352 g/mol. The molecule has 0 aliphatic carbocycles. The van der Waals surface area contributed by atoms with Crippen LogP contribution in [0.1, 0.15) is 19.4 Å². The molecule has 2 N–H and O–H groups in total. The topological polar surface area (TPSA) is 84.5 Å². The number of nitrogens with one attached hydrogen (secondary N) is 2. The average Bonchev–Trinajstić information content (AvgIpc) is 2.41. The van der Waals surface area contributed by atoms with Gasteiger partial charge in [-0.05, 0) is 45.6 Å². The largest absolute Gasteiger partial charge is 0.492 e. The van der Waals surface area contributed by atoms with E-state index < -0.39 is 17.8 Å². The predicted octanol–water partition coefficient (Wildman–Crippen LogP) is 2.23. The van der Waals surface area contributed by atoms with E-state index in [2.05, 4.69) is 15.9 Å². The summed E-state index contributed by atoms with van der Waals surface area (Å²) < 4.78 is 6.35. The number of imide groups is 2. The Balaban J connectivity index is 2.21. The molecule has 1 aliphatic heterocycles. The van der Waals surface area contributed by atoms with Crippen LogP contribution < -0.4 is 15.4 Å². The first-order valence-corrected chi connectivity index (χ1v) is 7.47. The van der Waals surface area contributed by atoms with E-state index in [9.17, 15) is 14.4 Å². The summed E-state index contributed by atoms with van der Waals surface area (Å²) in [5.74, 6) is -0.348. The summed E-state index contributed by atoms with van der Waals surface area (Å²) in [6.07, 6.45) is 1.41. The number of halogens is 1. The summed E-state index contributed by atoms with van der Waals surface area (Å²) in [7, 11) is 0. The number of amides is 4. The van der Waals surface area contributed by atoms with Crippen molar-refractivity contribution >= 4 is 39.9 Å². The lowest BCUT2D eigenvalue weighted by atomic mass is 10.1. The molecular formula is C15H15BrN2O4. The van der Waals surface area contributed by atoms with E-state index in [0.717, 1.165) is 4.47 Å². The molecule has 1 aromatic rings. The zero-order valence-corrected chi connectivity index (χ0v) is 13.7. The highest BCUT2D eigenvalue weighted by atomic mass is 79.9.